The van der Waals surface area contributed by atoms with Gasteiger partial charge in [-0.2, -0.15) is 0 Å². The Morgan fingerprint density at radius 3 is 2.93 bits per heavy atom. The number of halogens is 2. The maximum Gasteiger partial charge on any atom is 0.180 e. The third-order valence-electron chi connectivity index (χ3n) is 4.07. The molecule has 0 amide bonds. The van der Waals surface area contributed by atoms with Gasteiger partial charge in [-0.05, 0) is 36.4 Å². The van der Waals surface area contributed by atoms with Crippen LogP contribution in [0.15, 0.2) is 55.1 Å². The molecule has 0 bridgehead atoms. The minimum atomic E-state index is -0.447. The maximum atomic E-state index is 14.4. The molecule has 4 rings (SSSR count). The summed E-state index contributed by atoms with van der Waals surface area (Å²) in [6, 6.07) is 9.59. The number of nitrogens with one attached hydrogen (secondary N) is 1. The van der Waals surface area contributed by atoms with Crippen LogP contribution in [0.3, 0.4) is 0 Å². The van der Waals surface area contributed by atoms with Gasteiger partial charge in [0.2, 0.25) is 0 Å². The smallest absolute Gasteiger partial charge is 0.180 e. The average Bonchev–Trinajstić information content (AvgIpc) is 2.74. The van der Waals surface area contributed by atoms with Gasteiger partial charge in [0, 0.05) is 22.2 Å². The van der Waals surface area contributed by atoms with E-state index in [4.69, 9.17) is 21.4 Å². The van der Waals surface area contributed by atoms with Crippen molar-refractivity contribution < 1.29 is 14.2 Å². The molecule has 0 fully saturated rings. The lowest BCUT2D eigenvalue weighted by molar-refractivity contribution is 0.201. The summed E-state index contributed by atoms with van der Waals surface area (Å²) in [4.78, 5) is 16.9. The Kier molecular flexibility index (Phi) is 5.46. The quantitative estimate of drug-likeness (QED) is 0.495. The van der Waals surface area contributed by atoms with Gasteiger partial charge in [0.1, 0.15) is 18.8 Å². The first kappa shape index (κ1) is 19.0. The molecule has 0 spiro atoms. The molecule has 0 aliphatic carbocycles. The zero-order valence-corrected chi connectivity index (χ0v) is 15.8. The number of aromatic nitrogens is 4. The highest BCUT2D eigenvalue weighted by atomic mass is 35.5. The Morgan fingerprint density at radius 2 is 2.07 bits per heavy atom. The fourth-order valence-electron chi connectivity index (χ4n) is 2.79. The third kappa shape index (κ3) is 4.08. The van der Waals surface area contributed by atoms with Crippen LogP contribution in [-0.2, 0) is 0 Å². The zero-order valence-electron chi connectivity index (χ0n) is 15.0. The SMILES string of the molecule is OCCOc1cncnc1Nc1cc(-c2cc(Cl)ccc2F)nc2ncccc12. The second-order valence-electron chi connectivity index (χ2n) is 5.99. The molecule has 0 aliphatic rings. The number of aliphatic hydroxyl groups is 1. The number of benzene rings is 1. The number of hydrogen-bond donors (Lipinski definition) is 2. The number of fused-ring (bicyclic) bond motifs is 1. The highest BCUT2D eigenvalue weighted by molar-refractivity contribution is 6.30. The standard InChI is InChI=1S/C20H15ClFN5O2/c21-12-3-4-15(22)14(8-12)17-9-16(13-2-1-5-24-19(13)26-17)27-20-18(29-7-6-28)10-23-11-25-20/h1-5,8-11,28H,6-7H2,(H,23,24,25,26,27). The Balaban J connectivity index is 1.83. The normalized spacial score (nSPS) is 10.9. The second kappa shape index (κ2) is 8.34. The molecule has 0 atom stereocenters. The molecule has 7 nitrogen and oxygen atoms in total. The topological polar surface area (TPSA) is 93.0 Å². The van der Waals surface area contributed by atoms with E-state index in [0.29, 0.717) is 39.0 Å². The molecule has 2 N–H and O–H groups in total. The lowest BCUT2D eigenvalue weighted by atomic mass is 10.1. The Bertz CT molecular complexity index is 1170. The van der Waals surface area contributed by atoms with Crippen molar-refractivity contribution in [1.29, 1.82) is 0 Å². The molecule has 1 aromatic carbocycles. The van der Waals surface area contributed by atoms with E-state index in [9.17, 15) is 4.39 Å². The summed E-state index contributed by atoms with van der Waals surface area (Å²) in [5, 5.41) is 13.3. The van der Waals surface area contributed by atoms with Crippen LogP contribution in [-0.4, -0.2) is 38.3 Å². The first-order valence-corrected chi connectivity index (χ1v) is 9.05. The first-order chi connectivity index (χ1) is 14.2. The zero-order chi connectivity index (χ0) is 20.2. The number of pyridine rings is 2. The van der Waals surface area contributed by atoms with Gasteiger partial charge in [0.15, 0.2) is 17.2 Å². The van der Waals surface area contributed by atoms with Crippen molar-refractivity contribution in [2.24, 2.45) is 0 Å². The maximum absolute atomic E-state index is 14.4. The van der Waals surface area contributed by atoms with Crippen LogP contribution in [0.25, 0.3) is 22.3 Å². The monoisotopic (exact) mass is 411 g/mol. The molecule has 3 heterocycles. The number of aliphatic hydroxyl groups excluding tert-OH is 1. The molecule has 0 unspecified atom stereocenters. The Labute approximate surface area is 170 Å². The van der Waals surface area contributed by atoms with E-state index in [1.807, 2.05) is 6.07 Å². The number of hydrogen-bond acceptors (Lipinski definition) is 7. The van der Waals surface area contributed by atoms with Crippen molar-refractivity contribution in [1.82, 2.24) is 19.9 Å². The van der Waals surface area contributed by atoms with Crippen LogP contribution in [0.5, 0.6) is 5.75 Å². The van der Waals surface area contributed by atoms with E-state index >= 15 is 0 Å². The molecule has 3 aromatic heterocycles. The van der Waals surface area contributed by atoms with Gasteiger partial charge >= 0.3 is 0 Å². The van der Waals surface area contributed by atoms with Gasteiger partial charge in [-0.15, -0.1) is 0 Å². The average molecular weight is 412 g/mol. The van der Waals surface area contributed by atoms with E-state index in [1.54, 1.807) is 18.3 Å². The summed E-state index contributed by atoms with van der Waals surface area (Å²) < 4.78 is 19.9. The summed E-state index contributed by atoms with van der Waals surface area (Å²) in [5.41, 5.74) is 1.65. The van der Waals surface area contributed by atoms with E-state index in [0.717, 1.165) is 0 Å². The van der Waals surface area contributed by atoms with Gasteiger partial charge in [-0.3, -0.25) is 0 Å². The number of nitrogens with zero attached hydrogens (tertiary/aromatic N) is 4. The summed E-state index contributed by atoms with van der Waals surface area (Å²) in [6.07, 6.45) is 4.47. The summed E-state index contributed by atoms with van der Waals surface area (Å²) >= 11 is 6.04. The molecule has 4 aromatic rings. The highest BCUT2D eigenvalue weighted by Gasteiger charge is 2.14. The predicted octanol–water partition coefficient (Wildman–Crippen LogP) is 3.99. The molecule has 29 heavy (non-hydrogen) atoms. The van der Waals surface area contributed by atoms with E-state index in [2.05, 4.69) is 25.3 Å². The van der Waals surface area contributed by atoms with Gasteiger partial charge in [0.25, 0.3) is 0 Å². The van der Waals surface area contributed by atoms with Crippen LogP contribution in [0.2, 0.25) is 5.02 Å². The molecule has 0 saturated heterocycles. The number of anilines is 2. The molecular weight excluding hydrogens is 397 g/mol. The summed E-state index contributed by atoms with van der Waals surface area (Å²) in [6.45, 7) is -0.0473. The van der Waals surface area contributed by atoms with Crippen molar-refractivity contribution in [2.75, 3.05) is 18.5 Å². The van der Waals surface area contributed by atoms with Gasteiger partial charge < -0.3 is 15.2 Å². The first-order valence-electron chi connectivity index (χ1n) is 8.67. The minimum absolute atomic E-state index is 0.0969. The van der Waals surface area contributed by atoms with Gasteiger partial charge in [-0.25, -0.2) is 24.3 Å². The number of ether oxygens (including phenoxy) is 1. The van der Waals surface area contributed by atoms with E-state index in [1.165, 1.54) is 30.7 Å². The molecule has 9 heteroatoms. The molecular formula is C20H15ClFN5O2. The van der Waals surface area contributed by atoms with Crippen molar-refractivity contribution in [2.45, 2.75) is 0 Å². The largest absolute Gasteiger partial charge is 0.486 e. The number of rotatable bonds is 6. The van der Waals surface area contributed by atoms with Gasteiger partial charge in [-0.1, -0.05) is 11.6 Å². The van der Waals surface area contributed by atoms with Crippen LogP contribution in [0, 0.1) is 5.82 Å². The fourth-order valence-corrected chi connectivity index (χ4v) is 2.96. The third-order valence-corrected chi connectivity index (χ3v) is 4.30. The van der Waals surface area contributed by atoms with Crippen molar-refractivity contribution in [3.8, 4) is 17.0 Å². The van der Waals surface area contributed by atoms with Crippen LogP contribution < -0.4 is 10.1 Å². The van der Waals surface area contributed by atoms with Crippen LogP contribution >= 0.6 is 11.6 Å². The molecule has 0 radical (unpaired) electrons. The molecule has 0 saturated carbocycles. The lowest BCUT2D eigenvalue weighted by Crippen LogP contribution is -2.06. The fraction of sp³-hybridized carbons (Fsp3) is 0.100. The lowest BCUT2D eigenvalue weighted by Gasteiger charge is -2.14. The van der Waals surface area contributed by atoms with E-state index < -0.39 is 5.82 Å². The molecule has 146 valence electrons. The Hall–Kier alpha value is -3.36. The van der Waals surface area contributed by atoms with Crippen LogP contribution in [0.4, 0.5) is 15.9 Å². The second-order valence-corrected chi connectivity index (χ2v) is 6.42. The minimum Gasteiger partial charge on any atom is -0.486 e. The summed E-state index contributed by atoms with van der Waals surface area (Å²) in [7, 11) is 0. The van der Waals surface area contributed by atoms with Crippen molar-refractivity contribution in [3.05, 3.63) is 66.0 Å². The summed E-state index contributed by atoms with van der Waals surface area (Å²) in [5.74, 6) is 0.311. The molecule has 0 aliphatic heterocycles. The Morgan fingerprint density at radius 1 is 1.17 bits per heavy atom. The van der Waals surface area contributed by atoms with Crippen molar-refractivity contribution >= 4 is 34.1 Å². The van der Waals surface area contributed by atoms with Gasteiger partial charge in [0.05, 0.1) is 24.2 Å². The van der Waals surface area contributed by atoms with Crippen LogP contribution in [0.1, 0.15) is 0 Å². The van der Waals surface area contributed by atoms with Crippen molar-refractivity contribution in [3.63, 3.8) is 0 Å². The van der Waals surface area contributed by atoms with E-state index in [-0.39, 0.29) is 18.8 Å². The predicted molar refractivity (Wildman–Crippen MR) is 108 cm³/mol. The highest BCUT2D eigenvalue weighted by Crippen LogP contribution is 2.33.